The lowest BCUT2D eigenvalue weighted by Gasteiger charge is -2.34. The molecule has 1 aliphatic carbocycles. The Bertz CT molecular complexity index is 324. The fraction of sp³-hybridized carbons (Fsp3) is 0.938. The van der Waals surface area contributed by atoms with E-state index in [1.165, 1.54) is 38.5 Å². The van der Waals surface area contributed by atoms with Crippen LogP contribution in [0.25, 0.3) is 0 Å². The van der Waals surface area contributed by atoms with Crippen molar-refractivity contribution < 1.29 is 14.6 Å². The van der Waals surface area contributed by atoms with E-state index in [9.17, 15) is 4.79 Å². The van der Waals surface area contributed by atoms with Gasteiger partial charge in [0, 0.05) is 13.1 Å². The molecule has 1 N–H and O–H groups in total. The summed E-state index contributed by atoms with van der Waals surface area (Å²) in [6, 6.07) is 0. The molecule has 4 nitrogen and oxygen atoms in total. The number of rotatable bonds is 6. The zero-order valence-corrected chi connectivity index (χ0v) is 12.9. The summed E-state index contributed by atoms with van der Waals surface area (Å²) in [7, 11) is 0. The molecule has 4 heteroatoms. The lowest BCUT2D eigenvalue weighted by atomic mass is 9.83. The topological polar surface area (TPSA) is 49.8 Å². The second kappa shape index (κ2) is 6.90. The highest BCUT2D eigenvalue weighted by atomic mass is 16.5. The van der Waals surface area contributed by atoms with Crippen LogP contribution in [0.4, 0.5) is 0 Å². The molecule has 0 aromatic heterocycles. The fourth-order valence-corrected chi connectivity index (χ4v) is 3.79. The van der Waals surface area contributed by atoms with Crippen molar-refractivity contribution in [2.24, 2.45) is 5.92 Å². The van der Waals surface area contributed by atoms with E-state index in [2.05, 4.69) is 13.8 Å². The van der Waals surface area contributed by atoms with Crippen molar-refractivity contribution in [1.82, 2.24) is 4.90 Å². The predicted molar refractivity (Wildman–Crippen MR) is 78.8 cm³/mol. The third-order valence-electron chi connectivity index (χ3n) is 4.55. The molecule has 20 heavy (non-hydrogen) atoms. The largest absolute Gasteiger partial charge is 0.480 e. The quantitative estimate of drug-likeness (QED) is 0.814. The second-order valence-electron chi connectivity index (χ2n) is 7.00. The number of hydrogen-bond acceptors (Lipinski definition) is 3. The molecule has 2 aliphatic rings. The molecule has 1 aliphatic heterocycles. The Hall–Kier alpha value is -0.610. The van der Waals surface area contributed by atoms with Crippen molar-refractivity contribution in [3.63, 3.8) is 0 Å². The van der Waals surface area contributed by atoms with Gasteiger partial charge in [-0.1, -0.05) is 33.1 Å². The Morgan fingerprint density at radius 2 is 2.00 bits per heavy atom. The van der Waals surface area contributed by atoms with E-state index in [0.717, 1.165) is 19.5 Å². The summed E-state index contributed by atoms with van der Waals surface area (Å²) in [6.07, 6.45) is 8.81. The molecule has 1 heterocycles. The van der Waals surface area contributed by atoms with E-state index >= 15 is 0 Å². The molecule has 1 saturated carbocycles. The van der Waals surface area contributed by atoms with Gasteiger partial charge in [-0.3, -0.25) is 9.69 Å². The van der Waals surface area contributed by atoms with Gasteiger partial charge in [0.1, 0.15) is 0 Å². The van der Waals surface area contributed by atoms with Gasteiger partial charge in [-0.05, 0) is 31.6 Å². The number of ether oxygens (including phenoxy) is 1. The van der Waals surface area contributed by atoms with Crippen LogP contribution in [0, 0.1) is 5.92 Å². The first kappa shape index (κ1) is 15.8. The van der Waals surface area contributed by atoms with Crippen LogP contribution in [0.1, 0.15) is 58.8 Å². The number of hydrogen-bond donors (Lipinski definition) is 1. The summed E-state index contributed by atoms with van der Waals surface area (Å²) in [6.45, 7) is 6.00. The van der Waals surface area contributed by atoms with E-state index in [1.54, 1.807) is 0 Å². The zero-order valence-electron chi connectivity index (χ0n) is 12.9. The molecule has 1 atom stereocenters. The molecule has 0 aromatic carbocycles. The summed E-state index contributed by atoms with van der Waals surface area (Å²) >= 11 is 0. The highest BCUT2D eigenvalue weighted by molar-refractivity contribution is 5.69. The SMILES string of the molecule is CC(C)CN(CC(=O)O)CC1CCC2(CCCCC2)O1. The number of carbonyl (C=O) groups is 1. The van der Waals surface area contributed by atoms with Crippen LogP contribution in [0.3, 0.4) is 0 Å². The van der Waals surface area contributed by atoms with Crippen molar-refractivity contribution >= 4 is 5.97 Å². The molecule has 1 unspecified atom stereocenters. The Labute approximate surface area is 122 Å². The molecule has 2 rings (SSSR count). The summed E-state index contributed by atoms with van der Waals surface area (Å²) < 4.78 is 6.35. The number of aliphatic carboxylic acids is 1. The van der Waals surface area contributed by atoms with Crippen molar-refractivity contribution in [1.29, 1.82) is 0 Å². The van der Waals surface area contributed by atoms with Gasteiger partial charge in [0.2, 0.25) is 0 Å². The number of nitrogens with zero attached hydrogens (tertiary/aromatic N) is 1. The van der Waals surface area contributed by atoms with Crippen LogP contribution >= 0.6 is 0 Å². The summed E-state index contributed by atoms with van der Waals surface area (Å²) in [5.74, 6) is -0.254. The van der Waals surface area contributed by atoms with Gasteiger partial charge >= 0.3 is 5.97 Å². The molecule has 2 fully saturated rings. The molecule has 1 saturated heterocycles. The van der Waals surface area contributed by atoms with Crippen molar-refractivity contribution in [3.05, 3.63) is 0 Å². The molecular weight excluding hydrogens is 254 g/mol. The lowest BCUT2D eigenvalue weighted by molar-refractivity contribution is -0.139. The highest BCUT2D eigenvalue weighted by Crippen LogP contribution is 2.42. The predicted octanol–water partition coefficient (Wildman–Crippen LogP) is 2.91. The van der Waals surface area contributed by atoms with Gasteiger partial charge in [0.15, 0.2) is 0 Å². The minimum absolute atomic E-state index is 0.130. The number of carboxylic acid groups (broad SMARTS) is 1. The highest BCUT2D eigenvalue weighted by Gasteiger charge is 2.41. The Kier molecular flexibility index (Phi) is 5.44. The number of carboxylic acids is 1. The van der Waals surface area contributed by atoms with Gasteiger partial charge in [0.05, 0.1) is 18.2 Å². The van der Waals surface area contributed by atoms with E-state index < -0.39 is 5.97 Å². The smallest absolute Gasteiger partial charge is 0.317 e. The average Bonchev–Trinajstić information content (AvgIpc) is 2.71. The van der Waals surface area contributed by atoms with Crippen LogP contribution in [-0.4, -0.2) is 47.3 Å². The minimum atomic E-state index is -0.740. The standard InChI is InChI=1S/C16H29NO3/c1-13(2)10-17(12-15(18)19)11-14-6-9-16(20-14)7-4-3-5-8-16/h13-14H,3-12H2,1-2H3,(H,18,19). The van der Waals surface area contributed by atoms with Crippen LogP contribution < -0.4 is 0 Å². The van der Waals surface area contributed by atoms with E-state index in [-0.39, 0.29) is 18.2 Å². The van der Waals surface area contributed by atoms with Gasteiger partial charge in [-0.25, -0.2) is 0 Å². The Balaban J connectivity index is 1.86. The maximum absolute atomic E-state index is 11.0. The average molecular weight is 283 g/mol. The first-order valence-corrected chi connectivity index (χ1v) is 8.11. The molecule has 0 radical (unpaired) electrons. The Morgan fingerprint density at radius 1 is 1.30 bits per heavy atom. The van der Waals surface area contributed by atoms with Gasteiger partial charge in [-0.2, -0.15) is 0 Å². The first-order valence-electron chi connectivity index (χ1n) is 8.11. The van der Waals surface area contributed by atoms with E-state index in [0.29, 0.717) is 5.92 Å². The summed E-state index contributed by atoms with van der Waals surface area (Å²) in [5.41, 5.74) is 0.135. The van der Waals surface area contributed by atoms with Crippen LogP contribution in [0.2, 0.25) is 0 Å². The minimum Gasteiger partial charge on any atom is -0.480 e. The normalized spacial score (nSPS) is 25.7. The van der Waals surface area contributed by atoms with E-state index in [4.69, 9.17) is 9.84 Å². The van der Waals surface area contributed by atoms with Crippen LogP contribution in [0.15, 0.2) is 0 Å². The summed E-state index contributed by atoms with van der Waals surface area (Å²) in [4.78, 5) is 13.0. The van der Waals surface area contributed by atoms with Gasteiger partial charge in [-0.15, -0.1) is 0 Å². The monoisotopic (exact) mass is 283 g/mol. The molecule has 0 bridgehead atoms. The van der Waals surface area contributed by atoms with Crippen LogP contribution in [0.5, 0.6) is 0 Å². The third-order valence-corrected chi connectivity index (χ3v) is 4.55. The summed E-state index contributed by atoms with van der Waals surface area (Å²) in [5, 5.41) is 9.03. The molecule has 0 aromatic rings. The van der Waals surface area contributed by atoms with Crippen molar-refractivity contribution in [2.75, 3.05) is 19.6 Å². The molecule has 116 valence electrons. The first-order chi connectivity index (χ1) is 9.49. The van der Waals surface area contributed by atoms with Crippen molar-refractivity contribution in [2.45, 2.75) is 70.5 Å². The lowest BCUT2D eigenvalue weighted by Crippen LogP contribution is -2.40. The van der Waals surface area contributed by atoms with Crippen LogP contribution in [-0.2, 0) is 9.53 Å². The van der Waals surface area contributed by atoms with Gasteiger partial charge in [0.25, 0.3) is 0 Å². The molecular formula is C16H29NO3. The van der Waals surface area contributed by atoms with Crippen molar-refractivity contribution in [3.8, 4) is 0 Å². The van der Waals surface area contributed by atoms with E-state index in [1.807, 2.05) is 4.90 Å². The Morgan fingerprint density at radius 3 is 2.60 bits per heavy atom. The maximum atomic E-state index is 11.0. The fourth-order valence-electron chi connectivity index (χ4n) is 3.79. The second-order valence-corrected chi connectivity index (χ2v) is 7.00. The van der Waals surface area contributed by atoms with Gasteiger partial charge < -0.3 is 9.84 Å². The molecule has 0 amide bonds. The maximum Gasteiger partial charge on any atom is 0.317 e. The molecule has 1 spiro atoms. The third kappa shape index (κ3) is 4.45. The zero-order chi connectivity index (χ0) is 14.6.